The van der Waals surface area contributed by atoms with Gasteiger partial charge in [0.25, 0.3) is 5.91 Å². The van der Waals surface area contributed by atoms with Gasteiger partial charge >= 0.3 is 6.03 Å². The number of aryl methyl sites for hydroxylation is 2. The maximum absolute atomic E-state index is 12.9. The van der Waals surface area contributed by atoms with Crippen molar-refractivity contribution in [1.82, 2.24) is 15.5 Å². The van der Waals surface area contributed by atoms with Crippen LogP contribution in [0, 0.1) is 13.8 Å². The van der Waals surface area contributed by atoms with Gasteiger partial charge in [-0.3, -0.25) is 19.8 Å². The van der Waals surface area contributed by atoms with Crippen molar-refractivity contribution in [3.8, 4) is 0 Å². The van der Waals surface area contributed by atoms with Crippen molar-refractivity contribution in [2.24, 2.45) is 0 Å². The highest BCUT2D eigenvalue weighted by atomic mass is 16.2. The fourth-order valence-electron chi connectivity index (χ4n) is 3.92. The molecule has 1 heterocycles. The standard InChI is InChI=1S/C23H28N4O3/c1-5-27(6-2)14-19(28)24-20-15(3)12-18(13-16(20)4)23(17-10-8-7-9-11-17)21(29)25-22(30)26-23/h7-13H,5-6,14H2,1-4H3,(H,24,28)(H2,25,26,29,30). The van der Waals surface area contributed by atoms with Gasteiger partial charge in [0.15, 0.2) is 5.54 Å². The first-order valence-corrected chi connectivity index (χ1v) is 10.1. The van der Waals surface area contributed by atoms with Crippen LogP contribution in [0.2, 0.25) is 0 Å². The fourth-order valence-corrected chi connectivity index (χ4v) is 3.92. The molecule has 1 saturated heterocycles. The molecule has 30 heavy (non-hydrogen) atoms. The van der Waals surface area contributed by atoms with E-state index in [1.807, 2.05) is 75.1 Å². The number of rotatable bonds is 7. The Labute approximate surface area is 176 Å². The lowest BCUT2D eigenvalue weighted by Gasteiger charge is -2.29. The molecular formula is C23H28N4O3. The van der Waals surface area contributed by atoms with E-state index in [4.69, 9.17) is 0 Å². The summed E-state index contributed by atoms with van der Waals surface area (Å²) >= 11 is 0. The molecule has 1 aliphatic rings. The highest BCUT2D eigenvalue weighted by molar-refractivity contribution is 6.09. The number of urea groups is 1. The zero-order chi connectivity index (χ0) is 21.9. The second kappa shape index (κ2) is 8.67. The molecule has 1 unspecified atom stereocenters. The summed E-state index contributed by atoms with van der Waals surface area (Å²) < 4.78 is 0. The van der Waals surface area contributed by atoms with E-state index in [0.717, 1.165) is 29.9 Å². The number of nitrogens with one attached hydrogen (secondary N) is 3. The van der Waals surface area contributed by atoms with E-state index in [2.05, 4.69) is 16.0 Å². The molecule has 0 bridgehead atoms. The number of carbonyl (C=O) groups excluding carboxylic acids is 3. The van der Waals surface area contributed by atoms with Crippen molar-refractivity contribution in [2.45, 2.75) is 33.2 Å². The summed E-state index contributed by atoms with van der Waals surface area (Å²) in [5, 5.41) is 8.17. The molecule has 1 aliphatic heterocycles. The van der Waals surface area contributed by atoms with Gasteiger partial charge in [-0.05, 0) is 49.2 Å². The topological polar surface area (TPSA) is 90.5 Å². The van der Waals surface area contributed by atoms with Crippen molar-refractivity contribution < 1.29 is 14.4 Å². The summed E-state index contributed by atoms with van der Waals surface area (Å²) in [5.41, 5.74) is 2.38. The van der Waals surface area contributed by atoms with Crippen molar-refractivity contribution in [2.75, 3.05) is 25.0 Å². The van der Waals surface area contributed by atoms with Gasteiger partial charge in [-0.15, -0.1) is 0 Å². The predicted octanol–water partition coefficient (Wildman–Crippen LogP) is 2.67. The molecule has 0 radical (unpaired) electrons. The van der Waals surface area contributed by atoms with Crippen LogP contribution in [0.4, 0.5) is 10.5 Å². The predicted molar refractivity (Wildman–Crippen MR) is 116 cm³/mol. The van der Waals surface area contributed by atoms with Gasteiger partial charge in [0.1, 0.15) is 0 Å². The smallest absolute Gasteiger partial charge is 0.322 e. The number of anilines is 1. The number of hydrogen-bond donors (Lipinski definition) is 3. The van der Waals surface area contributed by atoms with Gasteiger partial charge in [-0.1, -0.05) is 56.3 Å². The quantitative estimate of drug-likeness (QED) is 0.615. The van der Waals surface area contributed by atoms with Crippen LogP contribution < -0.4 is 16.0 Å². The first-order chi connectivity index (χ1) is 14.3. The lowest BCUT2D eigenvalue weighted by atomic mass is 9.81. The Balaban J connectivity index is 2.00. The van der Waals surface area contributed by atoms with E-state index < -0.39 is 17.5 Å². The van der Waals surface area contributed by atoms with E-state index in [0.29, 0.717) is 17.7 Å². The molecule has 1 atom stereocenters. The van der Waals surface area contributed by atoms with Gasteiger partial charge in [0, 0.05) is 5.69 Å². The van der Waals surface area contributed by atoms with Gasteiger partial charge in [-0.25, -0.2) is 4.79 Å². The number of likely N-dealkylation sites (N-methyl/N-ethyl adjacent to an activating group) is 1. The van der Waals surface area contributed by atoms with E-state index in [9.17, 15) is 14.4 Å². The third-order valence-corrected chi connectivity index (χ3v) is 5.57. The minimum atomic E-state index is -1.31. The number of benzene rings is 2. The van der Waals surface area contributed by atoms with Crippen molar-refractivity contribution in [3.63, 3.8) is 0 Å². The zero-order valence-electron chi connectivity index (χ0n) is 17.8. The first kappa shape index (κ1) is 21.5. The number of hydrogen-bond acceptors (Lipinski definition) is 4. The maximum atomic E-state index is 12.9. The number of imide groups is 1. The Hall–Kier alpha value is -3.19. The second-order valence-electron chi connectivity index (χ2n) is 7.52. The largest absolute Gasteiger partial charge is 0.324 e. The van der Waals surface area contributed by atoms with E-state index in [1.165, 1.54) is 0 Å². The summed E-state index contributed by atoms with van der Waals surface area (Å²) in [6.45, 7) is 9.73. The summed E-state index contributed by atoms with van der Waals surface area (Å²) in [6, 6.07) is 12.3. The molecule has 0 spiro atoms. The molecular weight excluding hydrogens is 380 g/mol. The minimum absolute atomic E-state index is 0.0812. The number of amides is 4. The molecule has 158 valence electrons. The normalized spacial score (nSPS) is 18.3. The molecule has 1 fully saturated rings. The van der Waals surface area contributed by atoms with Crippen LogP contribution in [0.15, 0.2) is 42.5 Å². The van der Waals surface area contributed by atoms with Crippen molar-refractivity contribution in [1.29, 1.82) is 0 Å². The van der Waals surface area contributed by atoms with Crippen LogP contribution in [-0.4, -0.2) is 42.4 Å². The minimum Gasteiger partial charge on any atom is -0.324 e. The molecule has 7 heteroatoms. The second-order valence-corrected chi connectivity index (χ2v) is 7.52. The number of carbonyl (C=O) groups is 3. The molecule has 0 aromatic heterocycles. The Morgan fingerprint density at radius 1 is 1.00 bits per heavy atom. The highest BCUT2D eigenvalue weighted by Crippen LogP contribution is 2.36. The van der Waals surface area contributed by atoms with Crippen molar-refractivity contribution >= 4 is 23.5 Å². The SMILES string of the molecule is CCN(CC)CC(=O)Nc1c(C)cc(C2(c3ccccc3)NC(=O)NC2=O)cc1C. The molecule has 2 aromatic rings. The van der Waals surface area contributed by atoms with Crippen LogP contribution in [0.3, 0.4) is 0 Å². The molecule has 0 saturated carbocycles. The molecule has 3 N–H and O–H groups in total. The van der Waals surface area contributed by atoms with E-state index >= 15 is 0 Å². The Morgan fingerprint density at radius 2 is 1.60 bits per heavy atom. The molecule has 0 aliphatic carbocycles. The van der Waals surface area contributed by atoms with Gasteiger partial charge < -0.3 is 10.6 Å². The van der Waals surface area contributed by atoms with E-state index in [1.54, 1.807) is 0 Å². The Kier molecular flexibility index (Phi) is 6.22. The maximum Gasteiger partial charge on any atom is 0.322 e. The molecule has 7 nitrogen and oxygen atoms in total. The van der Waals surface area contributed by atoms with Crippen LogP contribution >= 0.6 is 0 Å². The monoisotopic (exact) mass is 408 g/mol. The third-order valence-electron chi connectivity index (χ3n) is 5.57. The van der Waals surface area contributed by atoms with Gasteiger partial charge in [0.05, 0.1) is 6.54 Å². The first-order valence-electron chi connectivity index (χ1n) is 10.1. The highest BCUT2D eigenvalue weighted by Gasteiger charge is 2.49. The number of nitrogens with zero attached hydrogens (tertiary/aromatic N) is 1. The summed E-state index contributed by atoms with van der Waals surface area (Å²) in [4.78, 5) is 39.5. The Morgan fingerprint density at radius 3 is 2.10 bits per heavy atom. The lowest BCUT2D eigenvalue weighted by molar-refractivity contribution is -0.123. The van der Waals surface area contributed by atoms with Crippen LogP contribution in [0.25, 0.3) is 0 Å². The van der Waals surface area contributed by atoms with Crippen molar-refractivity contribution in [3.05, 3.63) is 64.7 Å². The van der Waals surface area contributed by atoms with Crippen LogP contribution in [-0.2, 0) is 15.1 Å². The molecule has 3 rings (SSSR count). The van der Waals surface area contributed by atoms with Crippen LogP contribution in [0.1, 0.15) is 36.1 Å². The molecule has 2 aromatic carbocycles. The van der Waals surface area contributed by atoms with Gasteiger partial charge in [-0.2, -0.15) is 0 Å². The van der Waals surface area contributed by atoms with Gasteiger partial charge in [0.2, 0.25) is 5.91 Å². The fraction of sp³-hybridized carbons (Fsp3) is 0.348. The average molecular weight is 409 g/mol. The van der Waals surface area contributed by atoms with E-state index in [-0.39, 0.29) is 5.91 Å². The van der Waals surface area contributed by atoms with Crippen LogP contribution in [0.5, 0.6) is 0 Å². The molecule has 4 amide bonds. The summed E-state index contributed by atoms with van der Waals surface area (Å²) in [5.74, 6) is -0.502. The third kappa shape index (κ3) is 3.93. The lowest BCUT2D eigenvalue weighted by Crippen LogP contribution is -2.45. The summed E-state index contributed by atoms with van der Waals surface area (Å²) in [7, 11) is 0. The average Bonchev–Trinajstić information content (AvgIpc) is 3.04. The summed E-state index contributed by atoms with van der Waals surface area (Å²) in [6.07, 6.45) is 0. The Bertz CT molecular complexity index is 947. The zero-order valence-corrected chi connectivity index (χ0v) is 17.8.